The standard InChI is InChI=1S/C28H27N7O3S/c1-17-25(35-15-19(9-12-24(35)31-17)26(36)30-13-14-38-2)23-16-39-28(34-23)32-20-10-7-18(8-11-20)27(37)33-22-6-4-3-5-21(22)29/h3-12,15-16H,13-14,29H2,1-2H3,(H,30,36)(H,32,34)(H,33,37). The number of aromatic nitrogens is 3. The van der Waals surface area contributed by atoms with E-state index < -0.39 is 0 Å². The highest BCUT2D eigenvalue weighted by Crippen LogP contribution is 2.30. The van der Waals surface area contributed by atoms with E-state index in [1.807, 2.05) is 47.0 Å². The molecule has 0 aliphatic carbocycles. The van der Waals surface area contributed by atoms with Crippen LogP contribution in [0.4, 0.5) is 22.2 Å². The molecule has 0 saturated carbocycles. The fraction of sp³-hybridized carbons (Fsp3) is 0.143. The van der Waals surface area contributed by atoms with E-state index in [4.69, 9.17) is 15.5 Å². The van der Waals surface area contributed by atoms with Crippen molar-refractivity contribution in [3.63, 3.8) is 0 Å². The molecule has 11 heteroatoms. The summed E-state index contributed by atoms with van der Waals surface area (Å²) in [4.78, 5) is 34.5. The molecule has 39 heavy (non-hydrogen) atoms. The molecule has 0 saturated heterocycles. The Kier molecular flexibility index (Phi) is 7.53. The maximum absolute atomic E-state index is 12.6. The van der Waals surface area contributed by atoms with Gasteiger partial charge >= 0.3 is 0 Å². The molecule has 0 fully saturated rings. The molecule has 5 rings (SSSR count). The van der Waals surface area contributed by atoms with Crippen LogP contribution in [-0.4, -0.2) is 46.4 Å². The first kappa shape index (κ1) is 25.9. The van der Waals surface area contributed by atoms with Gasteiger partial charge in [0.1, 0.15) is 11.3 Å². The second-order valence-corrected chi connectivity index (χ2v) is 9.58. The normalized spacial score (nSPS) is 10.9. The number of benzene rings is 2. The van der Waals surface area contributed by atoms with Gasteiger partial charge < -0.3 is 26.4 Å². The van der Waals surface area contributed by atoms with Crippen LogP contribution in [0.1, 0.15) is 26.4 Å². The Balaban J connectivity index is 1.31. The maximum Gasteiger partial charge on any atom is 0.255 e. The summed E-state index contributed by atoms with van der Waals surface area (Å²) in [5.41, 5.74) is 11.9. The van der Waals surface area contributed by atoms with Crippen LogP contribution in [0.25, 0.3) is 17.0 Å². The van der Waals surface area contributed by atoms with Gasteiger partial charge in [0.25, 0.3) is 11.8 Å². The van der Waals surface area contributed by atoms with Crippen molar-refractivity contribution in [2.45, 2.75) is 6.92 Å². The molecule has 5 aromatic rings. The number of fused-ring (bicyclic) bond motifs is 1. The van der Waals surface area contributed by atoms with Crippen molar-refractivity contribution in [3.8, 4) is 11.4 Å². The summed E-state index contributed by atoms with van der Waals surface area (Å²) >= 11 is 1.45. The zero-order valence-electron chi connectivity index (χ0n) is 21.4. The van der Waals surface area contributed by atoms with Gasteiger partial charge in [0.15, 0.2) is 5.13 Å². The number of carbonyl (C=O) groups is 2. The molecule has 5 N–H and O–H groups in total. The maximum atomic E-state index is 12.6. The molecule has 0 radical (unpaired) electrons. The minimum atomic E-state index is -0.245. The van der Waals surface area contributed by atoms with Crippen molar-refractivity contribution in [2.75, 3.05) is 36.6 Å². The fourth-order valence-electron chi connectivity index (χ4n) is 4.05. The number of ether oxygens (including phenoxy) is 1. The van der Waals surface area contributed by atoms with Crippen LogP contribution >= 0.6 is 11.3 Å². The van der Waals surface area contributed by atoms with Gasteiger partial charge in [-0.1, -0.05) is 12.1 Å². The number of para-hydroxylation sites is 2. The predicted molar refractivity (Wildman–Crippen MR) is 154 cm³/mol. The Morgan fingerprint density at radius 3 is 2.54 bits per heavy atom. The van der Waals surface area contributed by atoms with Crippen LogP contribution in [0.2, 0.25) is 0 Å². The van der Waals surface area contributed by atoms with Crippen molar-refractivity contribution in [3.05, 3.63) is 89.1 Å². The van der Waals surface area contributed by atoms with Crippen molar-refractivity contribution >= 4 is 51.0 Å². The van der Waals surface area contributed by atoms with Crippen LogP contribution < -0.4 is 21.7 Å². The zero-order valence-corrected chi connectivity index (χ0v) is 22.2. The summed E-state index contributed by atoms with van der Waals surface area (Å²) in [6.45, 7) is 2.79. The number of nitrogens with one attached hydrogen (secondary N) is 3. The van der Waals surface area contributed by atoms with Crippen molar-refractivity contribution in [1.82, 2.24) is 19.7 Å². The molecule has 0 aliphatic rings. The summed E-state index contributed by atoms with van der Waals surface area (Å²) in [5, 5.41) is 11.6. The monoisotopic (exact) mass is 541 g/mol. The van der Waals surface area contributed by atoms with Gasteiger partial charge in [0.05, 0.1) is 34.9 Å². The summed E-state index contributed by atoms with van der Waals surface area (Å²) < 4.78 is 6.88. The Morgan fingerprint density at radius 1 is 1.00 bits per heavy atom. The van der Waals surface area contributed by atoms with E-state index in [1.165, 1.54) is 11.3 Å². The van der Waals surface area contributed by atoms with E-state index >= 15 is 0 Å². The smallest absolute Gasteiger partial charge is 0.255 e. The van der Waals surface area contributed by atoms with E-state index in [2.05, 4.69) is 20.9 Å². The number of pyridine rings is 1. The topological polar surface area (TPSA) is 136 Å². The SMILES string of the molecule is COCCNC(=O)c1ccc2nc(C)c(-c3csc(Nc4ccc(C(=O)Nc5ccccc5N)cc4)n3)n2c1. The van der Waals surface area contributed by atoms with Gasteiger partial charge in [0.2, 0.25) is 0 Å². The first-order chi connectivity index (χ1) is 18.9. The van der Waals surface area contributed by atoms with E-state index in [0.29, 0.717) is 40.8 Å². The number of hydrogen-bond donors (Lipinski definition) is 4. The average Bonchev–Trinajstić information content (AvgIpc) is 3.52. The number of imidazole rings is 1. The quantitative estimate of drug-likeness (QED) is 0.157. The third-order valence-electron chi connectivity index (χ3n) is 6.00. The molecule has 2 aromatic carbocycles. The summed E-state index contributed by atoms with van der Waals surface area (Å²) in [6.07, 6.45) is 1.77. The molecule has 2 amide bonds. The zero-order chi connectivity index (χ0) is 27.4. The third kappa shape index (κ3) is 5.74. The first-order valence-electron chi connectivity index (χ1n) is 12.2. The summed E-state index contributed by atoms with van der Waals surface area (Å²) in [5.74, 6) is -0.429. The minimum absolute atomic E-state index is 0.184. The number of nitrogen functional groups attached to an aromatic ring is 1. The fourth-order valence-corrected chi connectivity index (χ4v) is 4.76. The Hall–Kier alpha value is -4.74. The number of methoxy groups -OCH3 is 1. The third-order valence-corrected chi connectivity index (χ3v) is 6.76. The molecule has 198 valence electrons. The molecule has 3 heterocycles. The van der Waals surface area contributed by atoms with Crippen LogP contribution in [0.15, 0.2) is 72.2 Å². The van der Waals surface area contributed by atoms with Gasteiger partial charge in [0, 0.05) is 36.5 Å². The number of nitrogens with two attached hydrogens (primary N) is 1. The predicted octanol–water partition coefficient (Wildman–Crippen LogP) is 4.72. The Morgan fingerprint density at radius 2 is 1.77 bits per heavy atom. The molecule has 10 nitrogen and oxygen atoms in total. The summed E-state index contributed by atoms with van der Waals surface area (Å²) in [6, 6.07) is 17.8. The van der Waals surface area contributed by atoms with Gasteiger partial charge in [-0.25, -0.2) is 9.97 Å². The summed E-state index contributed by atoms with van der Waals surface area (Å²) in [7, 11) is 1.59. The highest BCUT2D eigenvalue weighted by molar-refractivity contribution is 7.14. The van der Waals surface area contributed by atoms with Crippen LogP contribution in [-0.2, 0) is 4.74 Å². The molecule has 0 aliphatic heterocycles. The molecule has 3 aromatic heterocycles. The number of amides is 2. The van der Waals surface area contributed by atoms with E-state index in [-0.39, 0.29) is 11.8 Å². The number of aryl methyl sites for hydroxylation is 1. The molecular weight excluding hydrogens is 514 g/mol. The number of thiazole rings is 1. The van der Waals surface area contributed by atoms with E-state index in [9.17, 15) is 9.59 Å². The number of nitrogens with zero attached hydrogens (tertiary/aromatic N) is 3. The van der Waals surface area contributed by atoms with Crippen molar-refractivity contribution in [1.29, 1.82) is 0 Å². The lowest BCUT2D eigenvalue weighted by Crippen LogP contribution is -2.27. The Labute approximate surface area is 228 Å². The van der Waals surface area contributed by atoms with E-state index in [1.54, 1.807) is 43.6 Å². The largest absolute Gasteiger partial charge is 0.397 e. The minimum Gasteiger partial charge on any atom is -0.397 e. The Bertz CT molecular complexity index is 1640. The lowest BCUT2D eigenvalue weighted by molar-refractivity contribution is 0.0936. The number of hydrogen-bond acceptors (Lipinski definition) is 8. The second kappa shape index (κ2) is 11.3. The molecule has 0 bridgehead atoms. The average molecular weight is 542 g/mol. The van der Waals surface area contributed by atoms with Gasteiger partial charge in [-0.05, 0) is 55.5 Å². The second-order valence-electron chi connectivity index (χ2n) is 8.72. The van der Waals surface area contributed by atoms with Gasteiger partial charge in [-0.15, -0.1) is 11.3 Å². The van der Waals surface area contributed by atoms with Gasteiger partial charge in [-0.2, -0.15) is 0 Å². The number of rotatable bonds is 9. The van der Waals surface area contributed by atoms with Crippen molar-refractivity contribution in [2.24, 2.45) is 0 Å². The lowest BCUT2D eigenvalue weighted by atomic mass is 10.2. The molecule has 0 atom stereocenters. The van der Waals surface area contributed by atoms with Crippen molar-refractivity contribution < 1.29 is 14.3 Å². The molecule has 0 unspecified atom stereocenters. The highest BCUT2D eigenvalue weighted by atomic mass is 32.1. The first-order valence-corrected chi connectivity index (χ1v) is 13.1. The van der Waals surface area contributed by atoms with E-state index in [0.717, 1.165) is 28.4 Å². The number of carbonyl (C=O) groups excluding carboxylic acids is 2. The molecular formula is C28H27N7O3S. The van der Waals surface area contributed by atoms with Crippen LogP contribution in [0, 0.1) is 6.92 Å². The number of anilines is 4. The highest BCUT2D eigenvalue weighted by Gasteiger charge is 2.17. The van der Waals surface area contributed by atoms with Crippen LogP contribution in [0.3, 0.4) is 0 Å². The van der Waals surface area contributed by atoms with Crippen LogP contribution in [0.5, 0.6) is 0 Å². The van der Waals surface area contributed by atoms with Gasteiger partial charge in [-0.3, -0.25) is 14.0 Å². The molecule has 0 spiro atoms. The lowest BCUT2D eigenvalue weighted by Gasteiger charge is -2.08.